The molecule has 0 saturated carbocycles. The summed E-state index contributed by atoms with van der Waals surface area (Å²) in [6.07, 6.45) is 3.50. The molecule has 1 aliphatic heterocycles. The highest BCUT2D eigenvalue weighted by Gasteiger charge is 2.27. The number of carbonyl (C=O) groups is 1. The van der Waals surface area contributed by atoms with Crippen LogP contribution in [0.4, 0.5) is 5.69 Å². The number of hydrogen-bond donors (Lipinski definition) is 0. The molecule has 150 valence electrons. The Labute approximate surface area is 178 Å². The normalized spacial score (nSPS) is 14.3. The lowest BCUT2D eigenvalue weighted by Gasteiger charge is -2.36. The summed E-state index contributed by atoms with van der Waals surface area (Å²) in [6, 6.07) is 11.4. The molecule has 1 aliphatic rings. The van der Waals surface area contributed by atoms with E-state index in [1.807, 2.05) is 48.4 Å². The van der Waals surface area contributed by atoms with Crippen molar-refractivity contribution in [1.29, 1.82) is 0 Å². The lowest BCUT2D eigenvalue weighted by Crippen LogP contribution is -2.49. The molecule has 8 heteroatoms. The molecular weight excluding hydrogens is 408 g/mol. The van der Waals surface area contributed by atoms with Crippen molar-refractivity contribution in [3.8, 4) is 11.6 Å². The fraction of sp³-hybridized carbons (Fsp3) is 0.286. The van der Waals surface area contributed by atoms with Crippen molar-refractivity contribution in [2.24, 2.45) is 0 Å². The molecule has 29 heavy (non-hydrogen) atoms. The molecule has 3 heterocycles. The number of carbonyl (C=O) groups excluding carboxylic acids is 1. The van der Waals surface area contributed by atoms with Gasteiger partial charge in [-0.15, -0.1) is 11.8 Å². The van der Waals surface area contributed by atoms with Crippen molar-refractivity contribution < 1.29 is 9.21 Å². The highest BCUT2D eigenvalue weighted by molar-refractivity contribution is 7.98. The topological polar surface area (TPSA) is 62.5 Å². The van der Waals surface area contributed by atoms with Gasteiger partial charge in [0, 0.05) is 26.2 Å². The van der Waals surface area contributed by atoms with Crippen LogP contribution in [0.5, 0.6) is 0 Å². The van der Waals surface area contributed by atoms with E-state index in [1.165, 1.54) is 11.8 Å². The molecule has 0 unspecified atom stereocenters. The minimum Gasteiger partial charge on any atom is -0.461 e. The van der Waals surface area contributed by atoms with Crippen LogP contribution in [-0.4, -0.2) is 53.2 Å². The summed E-state index contributed by atoms with van der Waals surface area (Å²) >= 11 is 7.77. The Morgan fingerprint density at radius 3 is 2.52 bits per heavy atom. The number of anilines is 1. The van der Waals surface area contributed by atoms with Crippen LogP contribution in [0.15, 0.2) is 52.1 Å². The van der Waals surface area contributed by atoms with Crippen molar-refractivity contribution >= 4 is 35.0 Å². The van der Waals surface area contributed by atoms with Gasteiger partial charge >= 0.3 is 0 Å². The Bertz CT molecular complexity index is 1020. The van der Waals surface area contributed by atoms with Crippen LogP contribution in [-0.2, 0) is 0 Å². The number of furan rings is 1. The number of hydrogen-bond acceptors (Lipinski definition) is 6. The zero-order valence-electron chi connectivity index (χ0n) is 16.3. The third-order valence-electron chi connectivity index (χ3n) is 4.97. The maximum atomic E-state index is 13.3. The van der Waals surface area contributed by atoms with E-state index in [4.69, 9.17) is 16.0 Å². The van der Waals surface area contributed by atoms with E-state index >= 15 is 0 Å². The first kappa shape index (κ1) is 19.8. The molecule has 4 rings (SSSR count). The molecule has 2 aromatic heterocycles. The number of rotatable bonds is 4. The molecule has 0 atom stereocenters. The van der Waals surface area contributed by atoms with Gasteiger partial charge in [-0.3, -0.25) is 4.79 Å². The average Bonchev–Trinajstić information content (AvgIpc) is 3.28. The zero-order chi connectivity index (χ0) is 20.4. The van der Waals surface area contributed by atoms with Gasteiger partial charge in [-0.1, -0.05) is 23.7 Å². The van der Waals surface area contributed by atoms with E-state index < -0.39 is 0 Å². The lowest BCUT2D eigenvalue weighted by atomic mass is 10.1. The number of nitrogens with zero attached hydrogens (tertiary/aromatic N) is 4. The maximum Gasteiger partial charge on any atom is 0.258 e. The SMILES string of the molecule is CSc1nc(-c2ccco2)nc(C)c1C(=O)N1CCN(c2ccccc2Cl)CC1. The number of amides is 1. The van der Waals surface area contributed by atoms with Gasteiger partial charge in [0.15, 0.2) is 11.6 Å². The summed E-state index contributed by atoms with van der Waals surface area (Å²) < 4.78 is 5.41. The van der Waals surface area contributed by atoms with E-state index in [2.05, 4.69) is 14.9 Å². The molecule has 1 saturated heterocycles. The maximum absolute atomic E-state index is 13.3. The molecule has 6 nitrogen and oxygen atoms in total. The third kappa shape index (κ3) is 3.97. The van der Waals surface area contributed by atoms with Gasteiger partial charge in [0.25, 0.3) is 5.91 Å². The number of piperazine rings is 1. The van der Waals surface area contributed by atoms with Crippen LogP contribution < -0.4 is 4.90 Å². The fourth-order valence-corrected chi connectivity index (χ4v) is 4.35. The zero-order valence-corrected chi connectivity index (χ0v) is 17.8. The first-order chi connectivity index (χ1) is 14.1. The summed E-state index contributed by atoms with van der Waals surface area (Å²) in [6.45, 7) is 4.55. The monoisotopic (exact) mass is 428 g/mol. The summed E-state index contributed by atoms with van der Waals surface area (Å²) in [5, 5.41) is 1.40. The van der Waals surface area contributed by atoms with Crippen molar-refractivity contribution in [1.82, 2.24) is 14.9 Å². The quantitative estimate of drug-likeness (QED) is 0.454. The van der Waals surface area contributed by atoms with Crippen LogP contribution in [0.1, 0.15) is 16.1 Å². The number of thioether (sulfide) groups is 1. The highest BCUT2D eigenvalue weighted by atomic mass is 35.5. The second-order valence-electron chi connectivity index (χ2n) is 6.72. The Morgan fingerprint density at radius 2 is 1.86 bits per heavy atom. The molecular formula is C21H21ClN4O2S. The Kier molecular flexibility index (Phi) is 5.78. The predicted molar refractivity (Wildman–Crippen MR) is 116 cm³/mol. The largest absolute Gasteiger partial charge is 0.461 e. The van der Waals surface area contributed by atoms with E-state index in [0.717, 1.165) is 23.8 Å². The Morgan fingerprint density at radius 1 is 1.10 bits per heavy atom. The molecule has 1 aromatic carbocycles. The smallest absolute Gasteiger partial charge is 0.258 e. The summed E-state index contributed by atoms with van der Waals surface area (Å²) in [5.41, 5.74) is 2.24. The van der Waals surface area contributed by atoms with Crippen LogP contribution in [0.3, 0.4) is 0 Å². The van der Waals surface area contributed by atoms with Crippen LogP contribution in [0.25, 0.3) is 11.6 Å². The number of benzene rings is 1. The number of halogens is 1. The Balaban J connectivity index is 1.54. The van der Waals surface area contributed by atoms with Crippen molar-refractivity contribution in [2.45, 2.75) is 11.9 Å². The van der Waals surface area contributed by atoms with Gasteiger partial charge in [-0.25, -0.2) is 9.97 Å². The molecule has 1 amide bonds. The van der Waals surface area contributed by atoms with Gasteiger partial charge in [0.05, 0.1) is 28.2 Å². The highest BCUT2D eigenvalue weighted by Crippen LogP contribution is 2.28. The molecule has 0 aliphatic carbocycles. The third-order valence-corrected chi connectivity index (χ3v) is 5.97. The summed E-state index contributed by atoms with van der Waals surface area (Å²) in [4.78, 5) is 26.4. The first-order valence-corrected chi connectivity index (χ1v) is 10.9. The number of para-hydroxylation sites is 1. The predicted octanol–water partition coefficient (Wildman–Crippen LogP) is 4.38. The van der Waals surface area contributed by atoms with Crippen molar-refractivity contribution in [2.75, 3.05) is 37.3 Å². The van der Waals surface area contributed by atoms with Crippen molar-refractivity contribution in [3.05, 3.63) is 58.9 Å². The van der Waals surface area contributed by atoms with E-state index in [-0.39, 0.29) is 5.91 Å². The van der Waals surface area contributed by atoms with E-state index in [9.17, 15) is 4.79 Å². The van der Waals surface area contributed by atoms with Gasteiger partial charge in [0.1, 0.15) is 5.03 Å². The minimum absolute atomic E-state index is 0.0309. The molecule has 1 fully saturated rings. The molecule has 0 radical (unpaired) electrons. The minimum atomic E-state index is -0.0309. The standard InChI is InChI=1S/C21H21ClN4O2S/c1-14-18(20(29-2)24-19(23-14)17-8-5-13-28-17)21(27)26-11-9-25(10-12-26)16-7-4-3-6-15(16)22/h3-8,13H,9-12H2,1-2H3. The van der Waals surface area contributed by atoms with Crippen LogP contribution >= 0.6 is 23.4 Å². The van der Waals surface area contributed by atoms with Crippen molar-refractivity contribution in [3.63, 3.8) is 0 Å². The van der Waals surface area contributed by atoms with Gasteiger partial charge in [0.2, 0.25) is 0 Å². The summed E-state index contributed by atoms with van der Waals surface area (Å²) in [5.74, 6) is 1.06. The second-order valence-corrected chi connectivity index (χ2v) is 7.93. The van der Waals surface area contributed by atoms with Gasteiger partial charge in [-0.2, -0.15) is 0 Å². The molecule has 0 N–H and O–H groups in total. The fourth-order valence-electron chi connectivity index (χ4n) is 3.47. The van der Waals surface area contributed by atoms with Crippen LogP contribution in [0.2, 0.25) is 5.02 Å². The second kappa shape index (κ2) is 8.47. The molecule has 0 spiro atoms. The Hall–Kier alpha value is -2.51. The summed E-state index contributed by atoms with van der Waals surface area (Å²) in [7, 11) is 0. The number of aromatic nitrogens is 2. The van der Waals surface area contributed by atoms with Gasteiger partial charge in [-0.05, 0) is 37.4 Å². The first-order valence-electron chi connectivity index (χ1n) is 9.33. The average molecular weight is 429 g/mol. The van der Waals surface area contributed by atoms with E-state index in [0.29, 0.717) is 41.0 Å². The van der Waals surface area contributed by atoms with Gasteiger partial charge < -0.3 is 14.2 Å². The lowest BCUT2D eigenvalue weighted by molar-refractivity contribution is 0.0741. The molecule has 3 aromatic rings. The number of aryl methyl sites for hydroxylation is 1. The van der Waals surface area contributed by atoms with E-state index in [1.54, 1.807) is 12.3 Å². The molecule has 0 bridgehead atoms. The van der Waals surface area contributed by atoms with Crippen LogP contribution in [0, 0.1) is 6.92 Å².